The summed E-state index contributed by atoms with van der Waals surface area (Å²) in [6, 6.07) is 1.89. The average Bonchev–Trinajstić information content (AvgIpc) is 2.86. The maximum Gasteiger partial charge on any atom is 0.359 e. The van der Waals surface area contributed by atoms with Crippen LogP contribution >= 0.6 is 22.6 Å². The van der Waals surface area contributed by atoms with E-state index in [1.54, 1.807) is 10.9 Å². The van der Waals surface area contributed by atoms with Gasteiger partial charge in [-0.15, -0.1) is 0 Å². The topological polar surface area (TPSA) is 66.2 Å². The number of halogens is 1. The van der Waals surface area contributed by atoms with Crippen molar-refractivity contribution in [2.45, 2.75) is 25.5 Å². The number of hydrogen-bond donors (Lipinski definition) is 0. The van der Waals surface area contributed by atoms with E-state index >= 15 is 0 Å². The van der Waals surface area contributed by atoms with Crippen LogP contribution in [0.1, 0.15) is 36.0 Å². The van der Waals surface area contributed by atoms with Crippen LogP contribution in [-0.2, 0) is 9.47 Å². The van der Waals surface area contributed by atoms with Crippen LogP contribution in [0.3, 0.4) is 0 Å². The highest BCUT2D eigenvalue weighted by atomic mass is 127. The molecule has 7 heteroatoms. The van der Waals surface area contributed by atoms with E-state index in [-0.39, 0.29) is 6.23 Å². The van der Waals surface area contributed by atoms with E-state index in [9.17, 15) is 4.79 Å². The van der Waals surface area contributed by atoms with Gasteiger partial charge in [0.25, 0.3) is 0 Å². The number of methoxy groups -OCH3 is 1. The third kappa shape index (κ3) is 2.39. The molecule has 1 aliphatic heterocycles. The van der Waals surface area contributed by atoms with Gasteiger partial charge in [0.15, 0.2) is 17.6 Å². The number of rotatable bonds is 2. The lowest BCUT2D eigenvalue weighted by Crippen LogP contribution is -2.20. The molecule has 0 spiro atoms. The third-order valence-electron chi connectivity index (χ3n) is 3.32. The molecule has 20 heavy (non-hydrogen) atoms. The first-order valence-corrected chi connectivity index (χ1v) is 7.52. The summed E-state index contributed by atoms with van der Waals surface area (Å²) in [4.78, 5) is 16.3. The predicted octanol–water partition coefficient (Wildman–Crippen LogP) is 2.52. The summed E-state index contributed by atoms with van der Waals surface area (Å²) in [5.41, 5.74) is 0.959. The number of carbonyl (C=O) groups excluding carboxylic acids is 1. The summed E-state index contributed by atoms with van der Waals surface area (Å²) in [6.45, 7) is 0.712. The molecule has 1 saturated heterocycles. The summed E-state index contributed by atoms with van der Waals surface area (Å²) in [7, 11) is 1.35. The highest BCUT2D eigenvalue weighted by Crippen LogP contribution is 2.28. The largest absolute Gasteiger partial charge is 0.464 e. The molecule has 0 saturated carbocycles. The molecular weight excluding hydrogens is 373 g/mol. The zero-order valence-corrected chi connectivity index (χ0v) is 13.2. The van der Waals surface area contributed by atoms with Crippen LogP contribution in [0.15, 0.2) is 12.3 Å². The molecule has 3 rings (SSSR count). The lowest BCUT2D eigenvalue weighted by Gasteiger charge is -2.22. The van der Waals surface area contributed by atoms with Gasteiger partial charge in [-0.25, -0.2) is 14.5 Å². The number of hydrogen-bond acceptors (Lipinski definition) is 5. The molecule has 6 nitrogen and oxygen atoms in total. The summed E-state index contributed by atoms with van der Waals surface area (Å²) in [6.07, 6.45) is 4.63. The van der Waals surface area contributed by atoms with Crippen LogP contribution in [0.5, 0.6) is 0 Å². The zero-order valence-electron chi connectivity index (χ0n) is 11.0. The van der Waals surface area contributed by atoms with Crippen LogP contribution in [0, 0.1) is 3.57 Å². The third-order valence-corrected chi connectivity index (χ3v) is 3.91. The van der Waals surface area contributed by atoms with Crippen LogP contribution in [0.4, 0.5) is 0 Å². The van der Waals surface area contributed by atoms with Gasteiger partial charge >= 0.3 is 5.97 Å². The van der Waals surface area contributed by atoms with E-state index in [1.165, 1.54) is 7.11 Å². The molecule has 0 bridgehead atoms. The number of aromatic nitrogens is 3. The Morgan fingerprint density at radius 1 is 1.55 bits per heavy atom. The van der Waals surface area contributed by atoms with E-state index < -0.39 is 5.97 Å². The van der Waals surface area contributed by atoms with E-state index in [4.69, 9.17) is 9.47 Å². The number of esters is 1. The molecule has 106 valence electrons. The van der Waals surface area contributed by atoms with Gasteiger partial charge in [-0.3, -0.25) is 0 Å². The van der Waals surface area contributed by atoms with Gasteiger partial charge in [-0.1, -0.05) is 0 Å². The fourth-order valence-corrected chi connectivity index (χ4v) is 2.81. The first kappa shape index (κ1) is 13.7. The van der Waals surface area contributed by atoms with E-state index in [0.29, 0.717) is 23.3 Å². The monoisotopic (exact) mass is 387 g/mol. The van der Waals surface area contributed by atoms with Crippen LogP contribution in [0.25, 0.3) is 11.0 Å². The molecule has 1 atom stereocenters. The molecule has 0 aromatic carbocycles. The lowest BCUT2D eigenvalue weighted by atomic mass is 10.2. The van der Waals surface area contributed by atoms with Crippen molar-refractivity contribution < 1.29 is 14.3 Å². The fourth-order valence-electron chi connectivity index (χ4n) is 2.36. The minimum absolute atomic E-state index is 0.155. The molecule has 1 aliphatic rings. The van der Waals surface area contributed by atoms with E-state index in [1.807, 2.05) is 6.07 Å². The van der Waals surface area contributed by atoms with E-state index in [0.717, 1.165) is 22.8 Å². The first-order valence-electron chi connectivity index (χ1n) is 6.44. The van der Waals surface area contributed by atoms with Gasteiger partial charge in [0.05, 0.1) is 12.5 Å². The summed E-state index contributed by atoms with van der Waals surface area (Å²) >= 11 is 2.16. The molecule has 2 aromatic rings. The predicted molar refractivity (Wildman–Crippen MR) is 80.4 cm³/mol. The highest BCUT2D eigenvalue weighted by molar-refractivity contribution is 14.1. The molecule has 0 aliphatic carbocycles. The Labute approximate surface area is 129 Å². The van der Waals surface area contributed by atoms with Gasteiger partial charge < -0.3 is 9.47 Å². The number of nitrogens with zero attached hydrogens (tertiary/aromatic N) is 3. The number of fused-ring (bicyclic) bond motifs is 1. The van der Waals surface area contributed by atoms with Crippen molar-refractivity contribution in [2.24, 2.45) is 0 Å². The number of carbonyl (C=O) groups is 1. The normalized spacial score (nSPS) is 19.2. The van der Waals surface area contributed by atoms with Crippen molar-refractivity contribution in [1.29, 1.82) is 0 Å². The molecule has 0 N–H and O–H groups in total. The Kier molecular flexibility index (Phi) is 3.88. The summed E-state index contributed by atoms with van der Waals surface area (Å²) in [5, 5.41) is 5.08. The Morgan fingerprint density at radius 3 is 3.10 bits per heavy atom. The number of ether oxygens (including phenoxy) is 2. The standard InChI is InChI=1S/C13H14IN3O3/c1-19-13(18)11-9-6-8(14)7-15-12(9)17(16-11)10-4-2-3-5-20-10/h6-7,10H,2-5H2,1H3. The van der Waals surface area contributed by atoms with Gasteiger partial charge in [0.2, 0.25) is 0 Å². The average molecular weight is 387 g/mol. The van der Waals surface area contributed by atoms with Crippen LogP contribution < -0.4 is 0 Å². The fraction of sp³-hybridized carbons (Fsp3) is 0.462. The van der Waals surface area contributed by atoms with Crippen molar-refractivity contribution in [3.63, 3.8) is 0 Å². The second-order valence-corrected chi connectivity index (χ2v) is 5.88. The quantitative estimate of drug-likeness (QED) is 0.585. The lowest BCUT2D eigenvalue weighted by molar-refractivity contribution is -0.0372. The smallest absolute Gasteiger partial charge is 0.359 e. The molecule has 1 fully saturated rings. The molecule has 0 amide bonds. The van der Waals surface area contributed by atoms with Crippen molar-refractivity contribution in [1.82, 2.24) is 14.8 Å². The highest BCUT2D eigenvalue weighted by Gasteiger charge is 2.25. The maximum atomic E-state index is 11.9. The van der Waals surface area contributed by atoms with Gasteiger partial charge in [0.1, 0.15) is 0 Å². The van der Waals surface area contributed by atoms with Crippen molar-refractivity contribution >= 4 is 39.6 Å². The summed E-state index contributed by atoms with van der Waals surface area (Å²) in [5.74, 6) is -0.451. The Morgan fingerprint density at radius 2 is 2.40 bits per heavy atom. The maximum absolute atomic E-state index is 11.9. The summed E-state index contributed by atoms with van der Waals surface area (Å²) < 4.78 is 13.2. The zero-order chi connectivity index (χ0) is 14.1. The first-order chi connectivity index (χ1) is 9.70. The van der Waals surface area contributed by atoms with Gasteiger partial charge in [-0.05, 0) is 47.9 Å². The second-order valence-electron chi connectivity index (χ2n) is 4.63. The van der Waals surface area contributed by atoms with E-state index in [2.05, 4.69) is 32.7 Å². The van der Waals surface area contributed by atoms with Crippen LogP contribution in [-0.4, -0.2) is 34.5 Å². The van der Waals surface area contributed by atoms with Crippen molar-refractivity contribution in [2.75, 3.05) is 13.7 Å². The minimum atomic E-state index is -0.451. The SMILES string of the molecule is COC(=O)c1nn(C2CCCCO2)c2ncc(I)cc12. The molecule has 1 unspecified atom stereocenters. The Hall–Kier alpha value is -1.22. The van der Waals surface area contributed by atoms with Crippen molar-refractivity contribution in [3.8, 4) is 0 Å². The molecule has 0 radical (unpaired) electrons. The van der Waals surface area contributed by atoms with Gasteiger partial charge in [-0.2, -0.15) is 5.10 Å². The van der Waals surface area contributed by atoms with Crippen LogP contribution in [0.2, 0.25) is 0 Å². The van der Waals surface area contributed by atoms with Gasteiger partial charge in [0, 0.05) is 16.4 Å². The Balaban J connectivity index is 2.14. The Bertz CT molecular complexity index is 650. The van der Waals surface area contributed by atoms with Crippen molar-refractivity contribution in [3.05, 3.63) is 21.5 Å². The second kappa shape index (κ2) is 5.65. The molecular formula is C13H14IN3O3. The number of pyridine rings is 1. The molecule has 3 heterocycles. The minimum Gasteiger partial charge on any atom is -0.464 e. The molecule has 2 aromatic heterocycles.